The molecule has 0 fully saturated rings. The minimum Gasteiger partial charge on any atom is -0.383 e. The van der Waals surface area contributed by atoms with E-state index in [1.54, 1.807) is 12.4 Å². The molecule has 0 aromatic carbocycles. The van der Waals surface area contributed by atoms with Gasteiger partial charge < -0.3 is 5.73 Å². The molecule has 0 aliphatic carbocycles. The Hall–Kier alpha value is -1.42. The van der Waals surface area contributed by atoms with Crippen molar-refractivity contribution in [2.24, 2.45) is 0 Å². The molecule has 2 aromatic heterocycles. The molecule has 2 aromatic rings. The molecule has 82 valence electrons. The van der Waals surface area contributed by atoms with Gasteiger partial charge in [-0.25, -0.2) is 4.98 Å². The fourth-order valence-electron chi connectivity index (χ4n) is 1.53. The molecule has 16 heavy (non-hydrogen) atoms. The van der Waals surface area contributed by atoms with Gasteiger partial charge in [-0.3, -0.25) is 4.98 Å². The number of halogens is 1. The van der Waals surface area contributed by atoms with Crippen LogP contribution in [0.3, 0.4) is 0 Å². The van der Waals surface area contributed by atoms with Crippen LogP contribution in [0.25, 0.3) is 0 Å². The van der Waals surface area contributed by atoms with Gasteiger partial charge in [-0.15, -0.1) is 0 Å². The fraction of sp³-hybridized carbons (Fsp3) is 0.167. The van der Waals surface area contributed by atoms with Crippen molar-refractivity contribution in [1.29, 1.82) is 0 Å². The number of anilines is 1. The van der Waals surface area contributed by atoms with Crippen LogP contribution in [0, 0.1) is 6.92 Å². The van der Waals surface area contributed by atoms with Gasteiger partial charge in [0.25, 0.3) is 0 Å². The lowest BCUT2D eigenvalue weighted by Gasteiger charge is -2.07. The van der Waals surface area contributed by atoms with Crippen LogP contribution in [0.2, 0.25) is 0 Å². The molecule has 2 heterocycles. The molecule has 2 rings (SSSR count). The van der Waals surface area contributed by atoms with E-state index in [1.807, 2.05) is 25.1 Å². The molecule has 0 saturated heterocycles. The number of rotatable bonds is 2. The molecule has 3 nitrogen and oxygen atoms in total. The Kier molecular flexibility index (Phi) is 3.19. The number of hydrogen-bond acceptors (Lipinski definition) is 3. The van der Waals surface area contributed by atoms with Gasteiger partial charge in [-0.2, -0.15) is 0 Å². The minimum atomic E-state index is 0.588. The van der Waals surface area contributed by atoms with E-state index < -0.39 is 0 Å². The van der Waals surface area contributed by atoms with Gasteiger partial charge in [0, 0.05) is 34.5 Å². The third-order valence-corrected chi connectivity index (χ3v) is 2.94. The van der Waals surface area contributed by atoms with Crippen molar-refractivity contribution in [3.05, 3.63) is 51.9 Å². The van der Waals surface area contributed by atoms with E-state index in [2.05, 4.69) is 25.9 Å². The summed E-state index contributed by atoms with van der Waals surface area (Å²) in [6.45, 7) is 2.03. The number of nitrogens with two attached hydrogens (primary N) is 1. The first-order valence-corrected chi connectivity index (χ1v) is 5.76. The average Bonchev–Trinajstić information content (AvgIpc) is 2.26. The van der Waals surface area contributed by atoms with Crippen LogP contribution in [0.4, 0.5) is 5.82 Å². The third kappa shape index (κ3) is 2.39. The molecule has 2 N–H and O–H groups in total. The Labute approximate surface area is 103 Å². The maximum Gasteiger partial charge on any atom is 0.127 e. The van der Waals surface area contributed by atoms with E-state index in [1.165, 1.54) is 0 Å². The maximum atomic E-state index is 5.85. The average molecular weight is 278 g/mol. The van der Waals surface area contributed by atoms with Gasteiger partial charge in [0.1, 0.15) is 5.82 Å². The van der Waals surface area contributed by atoms with Crippen LogP contribution in [0.1, 0.15) is 16.8 Å². The van der Waals surface area contributed by atoms with Crippen LogP contribution in [-0.4, -0.2) is 9.97 Å². The minimum absolute atomic E-state index is 0.588. The molecule has 0 amide bonds. The second kappa shape index (κ2) is 4.61. The van der Waals surface area contributed by atoms with Crippen molar-refractivity contribution in [2.75, 3.05) is 5.73 Å². The summed E-state index contributed by atoms with van der Waals surface area (Å²) in [6, 6.07) is 5.92. The summed E-state index contributed by atoms with van der Waals surface area (Å²) in [7, 11) is 0. The SMILES string of the molecule is Cc1ccnc(N)c1Cc1ccc(Br)cn1. The molecule has 0 unspecified atom stereocenters. The van der Waals surface area contributed by atoms with Crippen molar-refractivity contribution in [1.82, 2.24) is 9.97 Å². The molecule has 0 atom stereocenters. The molecule has 0 bridgehead atoms. The third-order valence-electron chi connectivity index (χ3n) is 2.47. The molecular weight excluding hydrogens is 266 g/mol. The van der Waals surface area contributed by atoms with Crippen molar-refractivity contribution >= 4 is 21.7 Å². The van der Waals surface area contributed by atoms with Crippen LogP contribution >= 0.6 is 15.9 Å². The Morgan fingerprint density at radius 2 is 2.06 bits per heavy atom. The van der Waals surface area contributed by atoms with E-state index in [0.29, 0.717) is 5.82 Å². The van der Waals surface area contributed by atoms with Crippen LogP contribution in [-0.2, 0) is 6.42 Å². The number of hydrogen-bond donors (Lipinski definition) is 1. The highest BCUT2D eigenvalue weighted by Crippen LogP contribution is 2.18. The summed E-state index contributed by atoms with van der Waals surface area (Å²) in [6.07, 6.45) is 4.24. The van der Waals surface area contributed by atoms with E-state index in [9.17, 15) is 0 Å². The summed E-state index contributed by atoms with van der Waals surface area (Å²) in [5, 5.41) is 0. The number of nitrogens with zero attached hydrogens (tertiary/aromatic N) is 2. The van der Waals surface area contributed by atoms with E-state index in [4.69, 9.17) is 5.73 Å². The quantitative estimate of drug-likeness (QED) is 0.918. The second-order valence-electron chi connectivity index (χ2n) is 3.64. The topological polar surface area (TPSA) is 51.8 Å². The van der Waals surface area contributed by atoms with Gasteiger partial charge in [-0.1, -0.05) is 0 Å². The lowest BCUT2D eigenvalue weighted by molar-refractivity contribution is 1.04. The van der Waals surface area contributed by atoms with Crippen molar-refractivity contribution in [3.8, 4) is 0 Å². The van der Waals surface area contributed by atoms with Gasteiger partial charge in [0.2, 0.25) is 0 Å². The Bertz CT molecular complexity index is 474. The first kappa shape index (κ1) is 11.1. The molecular formula is C12H12BrN3. The highest BCUT2D eigenvalue weighted by Gasteiger charge is 2.05. The van der Waals surface area contributed by atoms with Gasteiger partial charge in [-0.05, 0) is 46.6 Å². The van der Waals surface area contributed by atoms with Crippen LogP contribution < -0.4 is 5.73 Å². The largest absolute Gasteiger partial charge is 0.383 e. The Balaban J connectivity index is 2.30. The lowest BCUT2D eigenvalue weighted by Crippen LogP contribution is -2.02. The Morgan fingerprint density at radius 3 is 2.69 bits per heavy atom. The summed E-state index contributed by atoms with van der Waals surface area (Å²) in [4.78, 5) is 8.42. The zero-order chi connectivity index (χ0) is 11.5. The molecule has 0 spiro atoms. The van der Waals surface area contributed by atoms with E-state index in [0.717, 1.165) is 27.7 Å². The standard InChI is InChI=1S/C12H12BrN3/c1-8-4-5-15-12(14)11(8)6-10-3-2-9(13)7-16-10/h2-5,7H,6H2,1H3,(H2,14,15). The molecule has 0 aliphatic rings. The van der Waals surface area contributed by atoms with Crippen LogP contribution in [0.15, 0.2) is 35.1 Å². The molecule has 0 saturated carbocycles. The summed E-state index contributed by atoms with van der Waals surface area (Å²) in [5.74, 6) is 0.588. The van der Waals surface area contributed by atoms with Crippen LogP contribution in [0.5, 0.6) is 0 Å². The molecule has 0 radical (unpaired) electrons. The number of nitrogen functional groups attached to an aromatic ring is 1. The first-order valence-electron chi connectivity index (χ1n) is 4.97. The highest BCUT2D eigenvalue weighted by atomic mass is 79.9. The van der Waals surface area contributed by atoms with Gasteiger partial charge in [0.15, 0.2) is 0 Å². The second-order valence-corrected chi connectivity index (χ2v) is 4.55. The normalized spacial score (nSPS) is 10.4. The number of aromatic nitrogens is 2. The smallest absolute Gasteiger partial charge is 0.127 e. The van der Waals surface area contributed by atoms with E-state index >= 15 is 0 Å². The molecule has 4 heteroatoms. The summed E-state index contributed by atoms with van der Waals surface area (Å²) in [5.41, 5.74) is 9.05. The zero-order valence-corrected chi connectivity index (χ0v) is 10.5. The van der Waals surface area contributed by atoms with Crippen molar-refractivity contribution in [2.45, 2.75) is 13.3 Å². The fourth-order valence-corrected chi connectivity index (χ4v) is 1.77. The van der Waals surface area contributed by atoms with Crippen molar-refractivity contribution < 1.29 is 0 Å². The highest BCUT2D eigenvalue weighted by molar-refractivity contribution is 9.10. The molecule has 0 aliphatic heterocycles. The van der Waals surface area contributed by atoms with Crippen molar-refractivity contribution in [3.63, 3.8) is 0 Å². The number of aryl methyl sites for hydroxylation is 1. The predicted molar refractivity (Wildman–Crippen MR) is 68.1 cm³/mol. The predicted octanol–water partition coefficient (Wildman–Crippen LogP) is 2.72. The Morgan fingerprint density at radius 1 is 1.25 bits per heavy atom. The van der Waals surface area contributed by atoms with Gasteiger partial charge >= 0.3 is 0 Å². The summed E-state index contributed by atoms with van der Waals surface area (Å²) >= 11 is 3.36. The lowest BCUT2D eigenvalue weighted by atomic mass is 10.1. The maximum absolute atomic E-state index is 5.85. The summed E-state index contributed by atoms with van der Waals surface area (Å²) < 4.78 is 0.979. The first-order chi connectivity index (χ1) is 7.66. The monoisotopic (exact) mass is 277 g/mol. The van der Waals surface area contributed by atoms with Gasteiger partial charge in [0.05, 0.1) is 0 Å². The van der Waals surface area contributed by atoms with E-state index in [-0.39, 0.29) is 0 Å². The number of pyridine rings is 2. The zero-order valence-electron chi connectivity index (χ0n) is 8.94.